The normalized spacial score (nSPS) is 27.3. The van der Waals surface area contributed by atoms with Gasteiger partial charge in [0.15, 0.2) is 0 Å². The number of nitrogens with two attached hydrogens (primary N) is 1. The molecule has 2 fully saturated rings. The lowest BCUT2D eigenvalue weighted by atomic mass is 9.61. The first-order valence-electron chi connectivity index (χ1n) is 5.72. The summed E-state index contributed by atoms with van der Waals surface area (Å²) < 4.78 is 0. The molecule has 2 aliphatic carbocycles. The minimum atomic E-state index is -0.368. The Balaban J connectivity index is 1.95. The predicted octanol–water partition coefficient (Wildman–Crippen LogP) is 1.17. The molecule has 80 valence electrons. The maximum Gasteiger partial charge on any atom is 0.237 e. The second kappa shape index (κ2) is 3.54. The quantitative estimate of drug-likeness (QED) is 0.712. The molecule has 3 nitrogen and oxygen atoms in total. The molecule has 0 saturated heterocycles. The molecule has 2 rings (SSSR count). The van der Waals surface area contributed by atoms with E-state index >= 15 is 0 Å². The van der Waals surface area contributed by atoms with Gasteiger partial charge in [-0.1, -0.05) is 6.42 Å². The second-order valence-corrected chi connectivity index (χ2v) is 4.92. The van der Waals surface area contributed by atoms with Crippen LogP contribution in [0.15, 0.2) is 0 Å². The van der Waals surface area contributed by atoms with Gasteiger partial charge in [0.05, 0.1) is 6.04 Å². The molecule has 0 aromatic rings. The molecule has 1 atom stereocenters. The number of carbonyl (C=O) groups excluding carboxylic acids is 1. The van der Waals surface area contributed by atoms with Crippen molar-refractivity contribution in [3.05, 3.63) is 0 Å². The van der Waals surface area contributed by atoms with E-state index < -0.39 is 0 Å². The highest BCUT2D eigenvalue weighted by Crippen LogP contribution is 2.47. The van der Waals surface area contributed by atoms with E-state index in [4.69, 9.17) is 5.73 Å². The molecule has 2 aliphatic rings. The van der Waals surface area contributed by atoms with Crippen molar-refractivity contribution < 1.29 is 4.79 Å². The molecule has 0 unspecified atom stereocenters. The van der Waals surface area contributed by atoms with Crippen molar-refractivity contribution in [2.75, 3.05) is 0 Å². The van der Waals surface area contributed by atoms with Crippen LogP contribution in [0.3, 0.4) is 0 Å². The molecule has 14 heavy (non-hydrogen) atoms. The van der Waals surface area contributed by atoms with Crippen LogP contribution >= 0.6 is 0 Å². The first-order chi connectivity index (χ1) is 6.64. The van der Waals surface area contributed by atoms with E-state index in [1.807, 2.05) is 0 Å². The van der Waals surface area contributed by atoms with Gasteiger partial charge in [0.25, 0.3) is 0 Å². The van der Waals surface area contributed by atoms with Crippen LogP contribution in [0.5, 0.6) is 0 Å². The minimum Gasteiger partial charge on any atom is -0.349 e. The van der Waals surface area contributed by atoms with Crippen LogP contribution in [0.25, 0.3) is 0 Å². The summed E-state index contributed by atoms with van der Waals surface area (Å²) >= 11 is 0. The lowest BCUT2D eigenvalue weighted by molar-refractivity contribution is -0.127. The Kier molecular flexibility index (Phi) is 2.52. The summed E-state index contributed by atoms with van der Waals surface area (Å²) in [7, 11) is 0. The van der Waals surface area contributed by atoms with Crippen LogP contribution in [0, 0.1) is 5.92 Å². The van der Waals surface area contributed by atoms with Crippen LogP contribution in [-0.2, 0) is 4.79 Å². The van der Waals surface area contributed by atoms with Gasteiger partial charge in [0, 0.05) is 5.54 Å². The van der Waals surface area contributed by atoms with Crippen LogP contribution in [-0.4, -0.2) is 17.5 Å². The van der Waals surface area contributed by atoms with Gasteiger partial charge in [-0.05, 0) is 44.9 Å². The second-order valence-electron chi connectivity index (χ2n) is 4.92. The number of hydrogen-bond donors (Lipinski definition) is 2. The van der Waals surface area contributed by atoms with Crippen LogP contribution in [0.2, 0.25) is 0 Å². The fourth-order valence-corrected chi connectivity index (χ4v) is 2.51. The highest BCUT2D eigenvalue weighted by molar-refractivity contribution is 5.81. The summed E-state index contributed by atoms with van der Waals surface area (Å²) in [5.41, 5.74) is 5.71. The van der Waals surface area contributed by atoms with E-state index in [1.165, 1.54) is 25.7 Å². The Morgan fingerprint density at radius 3 is 2.36 bits per heavy atom. The van der Waals surface area contributed by atoms with E-state index in [2.05, 4.69) is 5.32 Å². The van der Waals surface area contributed by atoms with E-state index in [9.17, 15) is 4.79 Å². The van der Waals surface area contributed by atoms with E-state index in [1.54, 1.807) is 6.92 Å². The Hall–Kier alpha value is -0.570. The monoisotopic (exact) mass is 196 g/mol. The molecule has 1 amide bonds. The third-order valence-electron chi connectivity index (χ3n) is 3.92. The molecule has 2 saturated carbocycles. The van der Waals surface area contributed by atoms with Gasteiger partial charge < -0.3 is 11.1 Å². The SMILES string of the molecule is C[C@H](N)C(=O)NC1(C2CCC2)CCC1. The van der Waals surface area contributed by atoms with Gasteiger partial charge in [0.2, 0.25) is 5.91 Å². The molecular formula is C11H20N2O. The first-order valence-corrected chi connectivity index (χ1v) is 5.72. The Bertz CT molecular complexity index is 229. The van der Waals surface area contributed by atoms with Gasteiger partial charge >= 0.3 is 0 Å². The highest BCUT2D eigenvalue weighted by Gasteiger charge is 2.47. The van der Waals surface area contributed by atoms with Crippen molar-refractivity contribution in [1.82, 2.24) is 5.32 Å². The smallest absolute Gasteiger partial charge is 0.237 e. The molecular weight excluding hydrogens is 176 g/mol. The van der Waals surface area contributed by atoms with Gasteiger partial charge in [-0.3, -0.25) is 4.79 Å². The lowest BCUT2D eigenvalue weighted by Gasteiger charge is -2.52. The Morgan fingerprint density at radius 1 is 1.43 bits per heavy atom. The predicted molar refractivity (Wildman–Crippen MR) is 55.7 cm³/mol. The van der Waals surface area contributed by atoms with Gasteiger partial charge in [-0.2, -0.15) is 0 Å². The standard InChI is InChI=1S/C11H20N2O/c1-8(12)10(14)13-11(6-3-7-11)9-4-2-5-9/h8-9H,2-7,12H2,1H3,(H,13,14)/t8-/m0/s1. The molecule has 0 radical (unpaired) electrons. The topological polar surface area (TPSA) is 55.1 Å². The number of rotatable bonds is 3. The zero-order valence-electron chi connectivity index (χ0n) is 8.88. The fraction of sp³-hybridized carbons (Fsp3) is 0.909. The van der Waals surface area contributed by atoms with Crippen LogP contribution in [0.1, 0.15) is 45.4 Å². The molecule has 3 N–H and O–H groups in total. The van der Waals surface area contributed by atoms with Gasteiger partial charge in [0.1, 0.15) is 0 Å². The van der Waals surface area contributed by atoms with Crippen LogP contribution < -0.4 is 11.1 Å². The first kappa shape index (κ1) is 9.97. The maximum atomic E-state index is 11.6. The molecule has 0 aliphatic heterocycles. The summed E-state index contributed by atoms with van der Waals surface area (Å²) in [6, 6.07) is -0.368. The summed E-state index contributed by atoms with van der Waals surface area (Å²) in [5, 5.41) is 3.17. The molecule has 3 heteroatoms. The molecule has 0 spiro atoms. The van der Waals surface area contributed by atoms with Gasteiger partial charge in [-0.25, -0.2) is 0 Å². The Morgan fingerprint density at radius 2 is 2.07 bits per heavy atom. The van der Waals surface area contributed by atoms with Crippen molar-refractivity contribution in [2.45, 2.75) is 57.0 Å². The third-order valence-corrected chi connectivity index (χ3v) is 3.92. The summed E-state index contributed by atoms with van der Waals surface area (Å²) in [5.74, 6) is 0.760. The highest BCUT2D eigenvalue weighted by atomic mass is 16.2. The number of amides is 1. The van der Waals surface area contributed by atoms with Crippen molar-refractivity contribution in [1.29, 1.82) is 0 Å². The summed E-state index contributed by atoms with van der Waals surface area (Å²) in [6.45, 7) is 1.75. The van der Waals surface area contributed by atoms with E-state index in [0.717, 1.165) is 18.8 Å². The lowest BCUT2D eigenvalue weighted by Crippen LogP contribution is -2.62. The van der Waals surface area contributed by atoms with Crippen LogP contribution in [0.4, 0.5) is 0 Å². The molecule has 0 aromatic carbocycles. The number of carbonyl (C=O) groups is 1. The molecule has 0 aromatic heterocycles. The summed E-state index contributed by atoms with van der Waals surface area (Å²) in [4.78, 5) is 11.6. The number of nitrogens with one attached hydrogen (secondary N) is 1. The average Bonchev–Trinajstić information content (AvgIpc) is 1.96. The largest absolute Gasteiger partial charge is 0.349 e. The zero-order valence-corrected chi connectivity index (χ0v) is 8.88. The van der Waals surface area contributed by atoms with E-state index in [0.29, 0.717) is 0 Å². The van der Waals surface area contributed by atoms with Crippen molar-refractivity contribution in [3.8, 4) is 0 Å². The van der Waals surface area contributed by atoms with Gasteiger partial charge in [-0.15, -0.1) is 0 Å². The van der Waals surface area contributed by atoms with Crippen molar-refractivity contribution in [3.63, 3.8) is 0 Å². The zero-order chi connectivity index (χ0) is 10.2. The molecule has 0 bridgehead atoms. The number of hydrogen-bond acceptors (Lipinski definition) is 2. The summed E-state index contributed by atoms with van der Waals surface area (Å²) in [6.07, 6.45) is 7.50. The van der Waals surface area contributed by atoms with E-state index in [-0.39, 0.29) is 17.5 Å². The molecule has 0 heterocycles. The van der Waals surface area contributed by atoms with Crippen molar-refractivity contribution in [2.24, 2.45) is 11.7 Å². The third kappa shape index (κ3) is 1.54. The average molecular weight is 196 g/mol. The van der Waals surface area contributed by atoms with Crippen molar-refractivity contribution >= 4 is 5.91 Å². The Labute approximate surface area is 85.4 Å². The maximum absolute atomic E-state index is 11.6. The minimum absolute atomic E-state index is 0.0246. The fourth-order valence-electron chi connectivity index (χ4n) is 2.51.